The van der Waals surface area contributed by atoms with Gasteiger partial charge < -0.3 is 14.3 Å². The van der Waals surface area contributed by atoms with E-state index in [2.05, 4.69) is 20.5 Å². The Morgan fingerprint density at radius 3 is 2.55 bits per heavy atom. The van der Waals surface area contributed by atoms with Gasteiger partial charge in [0.25, 0.3) is 5.91 Å². The highest BCUT2D eigenvalue weighted by molar-refractivity contribution is 5.94. The fraction of sp³-hybridized carbons (Fsp3) is 0.182. The van der Waals surface area contributed by atoms with Crippen molar-refractivity contribution >= 4 is 5.91 Å². The minimum atomic E-state index is -0.129. The van der Waals surface area contributed by atoms with Crippen molar-refractivity contribution in [2.75, 3.05) is 0 Å². The summed E-state index contributed by atoms with van der Waals surface area (Å²) >= 11 is 0. The van der Waals surface area contributed by atoms with Gasteiger partial charge in [0.2, 0.25) is 11.8 Å². The van der Waals surface area contributed by atoms with E-state index in [1.54, 1.807) is 24.7 Å². The molecule has 2 aromatic carbocycles. The molecular weight excluding hydrogens is 366 g/mol. The summed E-state index contributed by atoms with van der Waals surface area (Å²) in [6.07, 6.45) is 5.31. The van der Waals surface area contributed by atoms with Gasteiger partial charge in [-0.3, -0.25) is 4.79 Å². The molecule has 0 aliphatic rings. The van der Waals surface area contributed by atoms with Crippen LogP contribution >= 0.6 is 0 Å². The van der Waals surface area contributed by atoms with Gasteiger partial charge in [-0.2, -0.15) is 0 Å². The minimum absolute atomic E-state index is 0.0239. The number of amides is 1. The van der Waals surface area contributed by atoms with E-state index in [0.717, 1.165) is 16.7 Å². The van der Waals surface area contributed by atoms with Gasteiger partial charge in [0.1, 0.15) is 0 Å². The Kier molecular flexibility index (Phi) is 5.20. The number of carbonyl (C=O) groups is 1. The molecule has 7 nitrogen and oxygen atoms in total. The number of aryl methyl sites for hydroxylation is 1. The zero-order valence-electron chi connectivity index (χ0n) is 16.2. The molecule has 0 aliphatic heterocycles. The van der Waals surface area contributed by atoms with Crippen LogP contribution in [-0.2, 0) is 6.54 Å². The molecule has 2 heterocycles. The predicted octanol–water partition coefficient (Wildman–Crippen LogP) is 3.73. The van der Waals surface area contributed by atoms with Crippen LogP contribution in [0.15, 0.2) is 71.7 Å². The molecule has 0 saturated carbocycles. The summed E-state index contributed by atoms with van der Waals surface area (Å²) in [7, 11) is 0. The van der Waals surface area contributed by atoms with E-state index in [9.17, 15) is 4.79 Å². The molecule has 0 saturated heterocycles. The van der Waals surface area contributed by atoms with Crippen molar-refractivity contribution in [3.8, 4) is 22.9 Å². The molecule has 1 amide bonds. The lowest BCUT2D eigenvalue weighted by atomic mass is 10.1. The van der Waals surface area contributed by atoms with E-state index in [1.165, 1.54) is 0 Å². The Labute approximate surface area is 168 Å². The molecule has 0 radical (unpaired) electrons. The Balaban J connectivity index is 1.43. The van der Waals surface area contributed by atoms with Crippen LogP contribution in [0, 0.1) is 6.92 Å². The van der Waals surface area contributed by atoms with Gasteiger partial charge in [-0.05, 0) is 50.2 Å². The van der Waals surface area contributed by atoms with Crippen molar-refractivity contribution in [2.24, 2.45) is 0 Å². The van der Waals surface area contributed by atoms with Crippen LogP contribution in [-0.4, -0.2) is 31.7 Å². The normalized spacial score (nSPS) is 11.9. The summed E-state index contributed by atoms with van der Waals surface area (Å²) in [5, 5.41) is 11.2. The van der Waals surface area contributed by atoms with Crippen molar-refractivity contribution in [1.82, 2.24) is 25.1 Å². The highest BCUT2D eigenvalue weighted by Crippen LogP contribution is 2.24. The summed E-state index contributed by atoms with van der Waals surface area (Å²) in [5.41, 5.74) is 3.34. The SMILES string of the molecule is Cc1cccc(-c2nnc(-c3ccc(C(=O)NC(C)Cn4ccnc4)cc3)o2)c1. The average molecular weight is 387 g/mol. The van der Waals surface area contributed by atoms with E-state index in [1.807, 2.05) is 61.0 Å². The topological polar surface area (TPSA) is 85.8 Å². The Bertz CT molecular complexity index is 1100. The molecule has 1 atom stereocenters. The fourth-order valence-electron chi connectivity index (χ4n) is 3.06. The van der Waals surface area contributed by atoms with E-state index < -0.39 is 0 Å². The van der Waals surface area contributed by atoms with Gasteiger partial charge in [-0.25, -0.2) is 4.98 Å². The third-order valence-corrected chi connectivity index (χ3v) is 4.51. The maximum Gasteiger partial charge on any atom is 0.251 e. The third-order valence-electron chi connectivity index (χ3n) is 4.51. The summed E-state index contributed by atoms with van der Waals surface area (Å²) in [6.45, 7) is 4.63. The second-order valence-corrected chi connectivity index (χ2v) is 6.99. The fourth-order valence-corrected chi connectivity index (χ4v) is 3.06. The quantitative estimate of drug-likeness (QED) is 0.545. The lowest BCUT2D eigenvalue weighted by Crippen LogP contribution is -2.35. The van der Waals surface area contributed by atoms with Crippen LogP contribution in [0.1, 0.15) is 22.8 Å². The average Bonchev–Trinajstić information content (AvgIpc) is 3.40. The van der Waals surface area contributed by atoms with Crippen LogP contribution in [0.5, 0.6) is 0 Å². The molecule has 4 aromatic rings. The van der Waals surface area contributed by atoms with E-state index in [4.69, 9.17) is 4.42 Å². The largest absolute Gasteiger partial charge is 0.416 e. The molecule has 2 aromatic heterocycles. The Hall–Kier alpha value is -3.74. The highest BCUT2D eigenvalue weighted by atomic mass is 16.4. The van der Waals surface area contributed by atoms with E-state index >= 15 is 0 Å². The van der Waals surface area contributed by atoms with Crippen LogP contribution in [0.3, 0.4) is 0 Å². The van der Waals surface area contributed by atoms with E-state index in [-0.39, 0.29) is 11.9 Å². The highest BCUT2D eigenvalue weighted by Gasteiger charge is 2.13. The lowest BCUT2D eigenvalue weighted by Gasteiger charge is -2.14. The first kappa shape index (κ1) is 18.6. The number of benzene rings is 2. The molecule has 29 heavy (non-hydrogen) atoms. The van der Waals surface area contributed by atoms with Crippen LogP contribution in [0.4, 0.5) is 0 Å². The number of carbonyl (C=O) groups excluding carboxylic acids is 1. The molecule has 0 spiro atoms. The molecule has 0 fully saturated rings. The van der Waals surface area contributed by atoms with Gasteiger partial charge in [0, 0.05) is 41.7 Å². The second kappa shape index (κ2) is 8.10. The molecule has 1 unspecified atom stereocenters. The van der Waals surface area contributed by atoms with Crippen molar-refractivity contribution < 1.29 is 9.21 Å². The van der Waals surface area contributed by atoms with Crippen LogP contribution < -0.4 is 5.32 Å². The number of rotatable bonds is 6. The second-order valence-electron chi connectivity index (χ2n) is 6.99. The Morgan fingerprint density at radius 1 is 1.10 bits per heavy atom. The van der Waals surface area contributed by atoms with Crippen LogP contribution in [0.2, 0.25) is 0 Å². The van der Waals surface area contributed by atoms with Gasteiger partial charge in [-0.15, -0.1) is 10.2 Å². The third kappa shape index (κ3) is 4.40. The molecule has 7 heteroatoms. The first-order valence-electron chi connectivity index (χ1n) is 9.36. The predicted molar refractivity (Wildman–Crippen MR) is 109 cm³/mol. The molecule has 4 rings (SSSR count). The van der Waals surface area contributed by atoms with Crippen LogP contribution in [0.25, 0.3) is 22.9 Å². The molecule has 0 aliphatic carbocycles. The number of nitrogens with zero attached hydrogens (tertiary/aromatic N) is 4. The number of imidazole rings is 1. The molecule has 1 N–H and O–H groups in total. The molecular formula is C22H21N5O2. The summed E-state index contributed by atoms with van der Waals surface area (Å²) in [5.74, 6) is 0.760. The maximum atomic E-state index is 12.5. The molecule has 0 bridgehead atoms. The standard InChI is InChI=1S/C22H21N5O2/c1-15-4-3-5-19(12-15)22-26-25-21(29-22)18-8-6-17(7-9-18)20(28)24-16(2)13-27-11-10-23-14-27/h3-12,14,16H,13H2,1-2H3,(H,24,28). The smallest absolute Gasteiger partial charge is 0.251 e. The van der Waals surface area contributed by atoms with Gasteiger partial charge >= 0.3 is 0 Å². The van der Waals surface area contributed by atoms with Gasteiger partial charge in [0.05, 0.1) is 6.33 Å². The van der Waals surface area contributed by atoms with E-state index in [0.29, 0.717) is 23.9 Å². The van der Waals surface area contributed by atoms with Gasteiger partial charge in [-0.1, -0.05) is 17.7 Å². The Morgan fingerprint density at radius 2 is 1.86 bits per heavy atom. The minimum Gasteiger partial charge on any atom is -0.416 e. The van der Waals surface area contributed by atoms with Crippen molar-refractivity contribution in [3.63, 3.8) is 0 Å². The van der Waals surface area contributed by atoms with Crippen molar-refractivity contribution in [1.29, 1.82) is 0 Å². The summed E-state index contributed by atoms with van der Waals surface area (Å²) in [4.78, 5) is 16.5. The number of hydrogen-bond acceptors (Lipinski definition) is 5. The van der Waals surface area contributed by atoms with Gasteiger partial charge in [0.15, 0.2) is 0 Å². The number of aromatic nitrogens is 4. The maximum absolute atomic E-state index is 12.5. The monoisotopic (exact) mass is 387 g/mol. The number of nitrogens with one attached hydrogen (secondary N) is 1. The number of hydrogen-bond donors (Lipinski definition) is 1. The van der Waals surface area contributed by atoms with Crippen molar-refractivity contribution in [3.05, 3.63) is 78.4 Å². The van der Waals surface area contributed by atoms with Crippen molar-refractivity contribution in [2.45, 2.75) is 26.4 Å². The zero-order chi connectivity index (χ0) is 20.2. The molecule has 146 valence electrons. The summed E-state index contributed by atoms with van der Waals surface area (Å²) in [6, 6.07) is 15.0. The summed E-state index contributed by atoms with van der Waals surface area (Å²) < 4.78 is 7.73. The lowest BCUT2D eigenvalue weighted by molar-refractivity contribution is 0.0936. The first-order valence-corrected chi connectivity index (χ1v) is 9.36. The first-order chi connectivity index (χ1) is 14.1. The zero-order valence-corrected chi connectivity index (χ0v) is 16.2.